The summed E-state index contributed by atoms with van der Waals surface area (Å²) in [7, 11) is 2.45. The maximum atomic E-state index is 4.03. The third kappa shape index (κ3) is 17.7. The predicted molar refractivity (Wildman–Crippen MR) is 141 cm³/mol. The van der Waals surface area contributed by atoms with Crippen LogP contribution < -0.4 is 12.4 Å². The second kappa shape index (κ2) is 22.0. The zero-order valence-electron chi connectivity index (χ0n) is 21.6. The summed E-state index contributed by atoms with van der Waals surface area (Å²) >= 11 is 0. The van der Waals surface area contributed by atoms with Gasteiger partial charge in [0.25, 0.3) is 0 Å². The number of aryl methyl sites for hydroxylation is 1. The van der Waals surface area contributed by atoms with Crippen molar-refractivity contribution in [3.05, 3.63) is 48.6 Å². The number of benzene rings is 1. The standard InChI is InChI=1S/C30H54N.ClH/c1-4-6-7-8-9-10-11-12-13-16-22-28-31(3,27-5-2)29-23-17-14-15-19-24-30-25-20-18-21-26-30;/h5,18,20-21,25-26H,2,4,6-17,19,22-24,27-29H2,1,3H3;1H/q+1;/p-1. The topological polar surface area (TPSA) is 0 Å². The van der Waals surface area contributed by atoms with Crippen LogP contribution >= 0.6 is 0 Å². The number of nitrogens with zero attached hydrogens (tertiary/aromatic N) is 1. The van der Waals surface area contributed by atoms with E-state index in [2.05, 4.69) is 57.0 Å². The molecule has 0 aliphatic heterocycles. The van der Waals surface area contributed by atoms with Crippen LogP contribution in [-0.4, -0.2) is 31.2 Å². The Hall–Kier alpha value is -0.790. The second-order valence-electron chi connectivity index (χ2n) is 10.1. The first-order valence-electron chi connectivity index (χ1n) is 13.7. The van der Waals surface area contributed by atoms with Crippen molar-refractivity contribution in [3.63, 3.8) is 0 Å². The largest absolute Gasteiger partial charge is 1.00 e. The normalized spacial score (nSPS) is 12.8. The van der Waals surface area contributed by atoms with Gasteiger partial charge in [-0.25, -0.2) is 0 Å². The van der Waals surface area contributed by atoms with E-state index in [-0.39, 0.29) is 12.4 Å². The van der Waals surface area contributed by atoms with Crippen LogP contribution in [0.1, 0.15) is 115 Å². The Morgan fingerprint density at radius 3 is 1.56 bits per heavy atom. The molecule has 0 fully saturated rings. The lowest BCUT2D eigenvalue weighted by Gasteiger charge is -2.34. The Bertz CT molecular complexity index is 515. The van der Waals surface area contributed by atoms with Gasteiger partial charge in [0, 0.05) is 0 Å². The van der Waals surface area contributed by atoms with Gasteiger partial charge in [0.2, 0.25) is 0 Å². The molecule has 0 heterocycles. The van der Waals surface area contributed by atoms with Gasteiger partial charge in [-0.1, -0.05) is 114 Å². The van der Waals surface area contributed by atoms with Gasteiger partial charge in [-0.15, -0.1) is 0 Å². The Morgan fingerprint density at radius 1 is 0.656 bits per heavy atom. The Morgan fingerprint density at radius 2 is 1.09 bits per heavy atom. The molecule has 0 aromatic heterocycles. The van der Waals surface area contributed by atoms with Crippen LogP contribution in [0, 0.1) is 0 Å². The minimum Gasteiger partial charge on any atom is -1.00 e. The van der Waals surface area contributed by atoms with Crippen molar-refractivity contribution in [2.24, 2.45) is 0 Å². The van der Waals surface area contributed by atoms with Gasteiger partial charge in [-0.2, -0.15) is 0 Å². The third-order valence-corrected chi connectivity index (χ3v) is 6.88. The molecule has 1 atom stereocenters. The van der Waals surface area contributed by atoms with E-state index >= 15 is 0 Å². The molecule has 0 bridgehead atoms. The minimum absolute atomic E-state index is 0. The van der Waals surface area contributed by atoms with Crippen molar-refractivity contribution in [2.45, 2.75) is 116 Å². The predicted octanol–water partition coefficient (Wildman–Crippen LogP) is 6.13. The highest BCUT2D eigenvalue weighted by Crippen LogP contribution is 2.15. The molecule has 0 radical (unpaired) electrons. The van der Waals surface area contributed by atoms with Gasteiger partial charge in [-0.05, 0) is 50.2 Å². The molecule has 2 heteroatoms. The molecular weight excluding hydrogens is 410 g/mol. The Kier molecular flexibility index (Phi) is 21.5. The highest BCUT2D eigenvalue weighted by atomic mass is 35.5. The molecule has 186 valence electrons. The number of halogens is 1. The van der Waals surface area contributed by atoms with E-state index < -0.39 is 0 Å². The summed E-state index contributed by atoms with van der Waals surface area (Å²) < 4.78 is 1.20. The summed E-state index contributed by atoms with van der Waals surface area (Å²) in [5.74, 6) is 0. The number of rotatable bonds is 22. The van der Waals surface area contributed by atoms with E-state index in [1.54, 1.807) is 0 Å². The van der Waals surface area contributed by atoms with E-state index in [0.29, 0.717) is 0 Å². The fourth-order valence-electron chi connectivity index (χ4n) is 4.76. The smallest absolute Gasteiger partial charge is 0.0969 e. The van der Waals surface area contributed by atoms with Crippen molar-refractivity contribution in [1.29, 1.82) is 0 Å². The zero-order valence-corrected chi connectivity index (χ0v) is 22.4. The highest BCUT2D eigenvalue weighted by Gasteiger charge is 2.18. The van der Waals surface area contributed by atoms with E-state index in [1.165, 1.54) is 132 Å². The molecule has 0 aliphatic carbocycles. The molecule has 1 aromatic rings. The van der Waals surface area contributed by atoms with Gasteiger partial charge in [-0.3, -0.25) is 0 Å². The lowest BCUT2D eigenvalue weighted by atomic mass is 10.0. The SMILES string of the molecule is C=CC[N+](C)(CCCCCCCCCCCCC)CCCCCCCc1ccccc1.[Cl-]. The van der Waals surface area contributed by atoms with Crippen molar-refractivity contribution in [3.8, 4) is 0 Å². The highest BCUT2D eigenvalue weighted by molar-refractivity contribution is 5.14. The van der Waals surface area contributed by atoms with Crippen molar-refractivity contribution in [1.82, 2.24) is 0 Å². The van der Waals surface area contributed by atoms with Crippen LogP contribution in [0.25, 0.3) is 0 Å². The van der Waals surface area contributed by atoms with Gasteiger partial charge in [0.1, 0.15) is 0 Å². The van der Waals surface area contributed by atoms with E-state index in [1.807, 2.05) is 0 Å². The molecule has 1 nitrogen and oxygen atoms in total. The quantitative estimate of drug-likeness (QED) is 0.110. The summed E-state index contributed by atoms with van der Waals surface area (Å²) in [5.41, 5.74) is 1.49. The lowest BCUT2D eigenvalue weighted by molar-refractivity contribution is -0.904. The number of hydrogen-bond acceptors (Lipinski definition) is 0. The van der Waals surface area contributed by atoms with Crippen LogP contribution in [-0.2, 0) is 6.42 Å². The molecule has 0 saturated carbocycles. The first-order chi connectivity index (χ1) is 15.2. The maximum Gasteiger partial charge on any atom is 0.0969 e. The minimum atomic E-state index is 0. The molecule has 0 N–H and O–H groups in total. The van der Waals surface area contributed by atoms with Crippen LogP contribution in [0.5, 0.6) is 0 Å². The summed E-state index contributed by atoms with van der Waals surface area (Å²) in [5, 5.41) is 0. The van der Waals surface area contributed by atoms with Crippen LogP contribution in [0.3, 0.4) is 0 Å². The van der Waals surface area contributed by atoms with Crippen molar-refractivity contribution >= 4 is 0 Å². The molecular formula is C30H54ClN. The summed E-state index contributed by atoms with van der Waals surface area (Å²) in [6.45, 7) is 10.1. The average Bonchev–Trinajstić information content (AvgIpc) is 2.78. The first-order valence-corrected chi connectivity index (χ1v) is 13.7. The average molecular weight is 464 g/mol. The molecule has 0 aliphatic rings. The number of likely N-dealkylation sites (N-methyl/N-ethyl adjacent to an activating group) is 1. The van der Waals surface area contributed by atoms with Gasteiger partial charge in [0.05, 0.1) is 26.7 Å². The summed E-state index contributed by atoms with van der Waals surface area (Å²) in [4.78, 5) is 0. The zero-order chi connectivity index (χ0) is 22.5. The van der Waals surface area contributed by atoms with Gasteiger partial charge in [0.15, 0.2) is 0 Å². The summed E-state index contributed by atoms with van der Waals surface area (Å²) in [6.07, 6.45) is 26.0. The van der Waals surface area contributed by atoms with Crippen LogP contribution in [0.4, 0.5) is 0 Å². The molecule has 0 saturated heterocycles. The van der Waals surface area contributed by atoms with Crippen LogP contribution in [0.15, 0.2) is 43.0 Å². The van der Waals surface area contributed by atoms with Gasteiger partial charge >= 0.3 is 0 Å². The molecule has 0 amide bonds. The van der Waals surface area contributed by atoms with Crippen molar-refractivity contribution < 1.29 is 16.9 Å². The van der Waals surface area contributed by atoms with Gasteiger partial charge < -0.3 is 16.9 Å². The van der Waals surface area contributed by atoms with E-state index in [0.717, 1.165) is 6.54 Å². The van der Waals surface area contributed by atoms with E-state index in [4.69, 9.17) is 0 Å². The Labute approximate surface area is 208 Å². The maximum absolute atomic E-state index is 4.03. The summed E-state index contributed by atoms with van der Waals surface area (Å²) in [6, 6.07) is 10.9. The fraction of sp³-hybridized carbons (Fsp3) is 0.733. The fourth-order valence-corrected chi connectivity index (χ4v) is 4.76. The lowest BCUT2D eigenvalue weighted by Crippen LogP contribution is -3.00. The molecule has 1 rings (SSSR count). The monoisotopic (exact) mass is 463 g/mol. The number of unbranched alkanes of at least 4 members (excludes halogenated alkanes) is 14. The first kappa shape index (κ1) is 31.2. The molecule has 1 aromatic carbocycles. The second-order valence-corrected chi connectivity index (χ2v) is 10.1. The number of hydrogen-bond donors (Lipinski definition) is 0. The molecule has 32 heavy (non-hydrogen) atoms. The van der Waals surface area contributed by atoms with E-state index in [9.17, 15) is 0 Å². The Balaban J connectivity index is 0.00000961. The van der Waals surface area contributed by atoms with Crippen molar-refractivity contribution in [2.75, 3.05) is 26.7 Å². The molecule has 0 spiro atoms. The molecule has 1 unspecified atom stereocenters. The van der Waals surface area contributed by atoms with Crippen LogP contribution in [0.2, 0.25) is 0 Å². The number of quaternary nitrogens is 1. The third-order valence-electron chi connectivity index (χ3n) is 6.88.